The summed E-state index contributed by atoms with van der Waals surface area (Å²) in [5, 5.41) is 2.75. The van der Waals surface area contributed by atoms with E-state index in [-0.39, 0.29) is 11.6 Å². The van der Waals surface area contributed by atoms with E-state index in [2.05, 4.69) is 49.3 Å². The van der Waals surface area contributed by atoms with E-state index in [0.29, 0.717) is 6.42 Å². The average molecular weight is 652 g/mol. The van der Waals surface area contributed by atoms with Crippen molar-refractivity contribution in [3.63, 3.8) is 0 Å². The molecule has 6 heteroatoms. The van der Waals surface area contributed by atoms with Gasteiger partial charge in [-0.25, -0.2) is 0 Å². The molecule has 0 heterocycles. The van der Waals surface area contributed by atoms with Crippen LogP contribution >= 0.6 is 31.9 Å². The van der Waals surface area contributed by atoms with E-state index in [1.165, 1.54) is 0 Å². The Morgan fingerprint density at radius 3 is 1.23 bits per heavy atom. The molecule has 4 nitrogen and oxygen atoms in total. The zero-order valence-electron chi connectivity index (χ0n) is 23.2. The summed E-state index contributed by atoms with van der Waals surface area (Å²) in [5.74, 6) is 0.295. The predicted molar refractivity (Wildman–Crippen MR) is 172 cm³/mol. The number of ketones is 2. The Morgan fingerprint density at radius 1 is 0.615 bits per heavy atom. The summed E-state index contributed by atoms with van der Waals surface area (Å²) in [4.78, 5) is 25.2. The minimum atomic E-state index is 0.0994. The molecule has 0 spiro atoms. The lowest BCUT2D eigenvalue weighted by molar-refractivity contribution is 0.0971. The van der Waals surface area contributed by atoms with E-state index in [4.69, 9.17) is 0 Å². The topological polar surface area (TPSA) is 49.4 Å². The molecular formula is C33H36Br2N2O2. The number of Topliss-reactive ketones (excluding diaryl/α,β-unsaturated/α-hetero) is 2. The Morgan fingerprint density at radius 2 is 0.923 bits per heavy atom. The molecule has 1 N–H and O–H groups in total. The van der Waals surface area contributed by atoms with Crippen LogP contribution < -0.4 is 5.32 Å². The predicted octanol–water partition coefficient (Wildman–Crippen LogP) is 8.40. The highest BCUT2D eigenvalue weighted by molar-refractivity contribution is 9.10. The van der Waals surface area contributed by atoms with Crippen LogP contribution in [0.15, 0.2) is 106 Å². The molecule has 4 rings (SSSR count). The van der Waals surface area contributed by atoms with Gasteiger partial charge in [-0.2, -0.15) is 0 Å². The van der Waals surface area contributed by atoms with Crippen molar-refractivity contribution in [1.29, 1.82) is 0 Å². The van der Waals surface area contributed by atoms with E-state index in [1.807, 2.05) is 118 Å². The van der Waals surface area contributed by atoms with E-state index in [9.17, 15) is 9.59 Å². The minimum Gasteiger partial charge on any atom is -0.323 e. The SMILES string of the molecule is CC(=O)c1ccc(-c2ccc(Br)cc2)cc1.CN(C)CCC(=O)c1ccc(-c2ccc(Br)cc2)cc1.CNC. The highest BCUT2D eigenvalue weighted by Gasteiger charge is 2.07. The molecule has 0 unspecified atom stereocenters. The van der Waals surface area contributed by atoms with Gasteiger partial charge in [-0.3, -0.25) is 9.59 Å². The molecule has 0 atom stereocenters. The first kappa shape index (κ1) is 32.3. The van der Waals surface area contributed by atoms with Crippen molar-refractivity contribution < 1.29 is 9.59 Å². The van der Waals surface area contributed by atoms with Gasteiger partial charge in [0.25, 0.3) is 0 Å². The fourth-order valence-electron chi connectivity index (χ4n) is 3.50. The Kier molecular flexibility index (Phi) is 14.0. The number of nitrogens with one attached hydrogen (secondary N) is 1. The summed E-state index contributed by atoms with van der Waals surface area (Å²) in [7, 11) is 7.70. The van der Waals surface area contributed by atoms with Gasteiger partial charge in [0.2, 0.25) is 0 Å². The maximum atomic E-state index is 12.0. The molecule has 0 saturated heterocycles. The first-order valence-electron chi connectivity index (χ1n) is 12.6. The van der Waals surface area contributed by atoms with Gasteiger partial charge in [0.15, 0.2) is 11.6 Å². The normalized spacial score (nSPS) is 10.2. The van der Waals surface area contributed by atoms with Crippen molar-refractivity contribution in [2.24, 2.45) is 0 Å². The number of rotatable bonds is 7. The zero-order chi connectivity index (χ0) is 28.8. The van der Waals surface area contributed by atoms with E-state index in [0.717, 1.165) is 48.9 Å². The third-order valence-corrected chi connectivity index (χ3v) is 6.70. The average Bonchev–Trinajstić information content (AvgIpc) is 2.93. The van der Waals surface area contributed by atoms with Crippen molar-refractivity contribution in [3.05, 3.63) is 117 Å². The minimum absolute atomic E-state index is 0.0994. The van der Waals surface area contributed by atoms with Crippen LogP contribution in [0.4, 0.5) is 0 Å². The molecule has 0 aliphatic rings. The van der Waals surface area contributed by atoms with Crippen LogP contribution in [-0.2, 0) is 0 Å². The van der Waals surface area contributed by atoms with Gasteiger partial charge in [0.05, 0.1) is 0 Å². The molecule has 0 aromatic heterocycles. The number of halogens is 2. The second-order valence-corrected chi connectivity index (χ2v) is 11.0. The van der Waals surface area contributed by atoms with E-state index in [1.54, 1.807) is 6.92 Å². The lowest BCUT2D eigenvalue weighted by Crippen LogP contribution is -2.16. The highest BCUT2D eigenvalue weighted by Crippen LogP contribution is 2.23. The number of carbonyl (C=O) groups is 2. The van der Waals surface area contributed by atoms with Gasteiger partial charge >= 0.3 is 0 Å². The zero-order valence-corrected chi connectivity index (χ0v) is 26.3. The van der Waals surface area contributed by atoms with Crippen LogP contribution in [0.5, 0.6) is 0 Å². The first-order valence-corrected chi connectivity index (χ1v) is 14.2. The maximum Gasteiger partial charge on any atom is 0.164 e. The van der Waals surface area contributed by atoms with Crippen LogP contribution in [0.25, 0.3) is 22.3 Å². The molecule has 0 fully saturated rings. The van der Waals surface area contributed by atoms with Crippen molar-refractivity contribution in [2.45, 2.75) is 13.3 Å². The third kappa shape index (κ3) is 11.4. The van der Waals surface area contributed by atoms with E-state index < -0.39 is 0 Å². The Labute approximate surface area is 249 Å². The molecule has 204 valence electrons. The maximum absolute atomic E-state index is 12.0. The van der Waals surface area contributed by atoms with Gasteiger partial charge < -0.3 is 10.2 Å². The van der Waals surface area contributed by atoms with Crippen LogP contribution in [0.1, 0.15) is 34.1 Å². The van der Waals surface area contributed by atoms with Crippen LogP contribution in [0.2, 0.25) is 0 Å². The van der Waals surface area contributed by atoms with Crippen LogP contribution in [-0.4, -0.2) is 51.2 Å². The van der Waals surface area contributed by atoms with Crippen molar-refractivity contribution in [3.8, 4) is 22.3 Å². The number of hydrogen-bond donors (Lipinski definition) is 1. The largest absolute Gasteiger partial charge is 0.323 e. The van der Waals surface area contributed by atoms with Gasteiger partial charge in [-0.05, 0) is 81.6 Å². The Hall–Kier alpha value is -2.90. The molecule has 39 heavy (non-hydrogen) atoms. The monoisotopic (exact) mass is 650 g/mol. The third-order valence-electron chi connectivity index (χ3n) is 5.64. The molecule has 0 aliphatic heterocycles. The number of carbonyl (C=O) groups excluding carboxylic acids is 2. The lowest BCUT2D eigenvalue weighted by Gasteiger charge is -2.08. The quantitative estimate of drug-likeness (QED) is 0.204. The fourth-order valence-corrected chi connectivity index (χ4v) is 4.03. The smallest absolute Gasteiger partial charge is 0.164 e. The van der Waals surface area contributed by atoms with Crippen LogP contribution in [0.3, 0.4) is 0 Å². The molecule has 0 radical (unpaired) electrons. The second-order valence-electron chi connectivity index (χ2n) is 9.20. The van der Waals surface area contributed by atoms with Crippen molar-refractivity contribution >= 4 is 43.4 Å². The Balaban J connectivity index is 0.000000253. The summed E-state index contributed by atoms with van der Waals surface area (Å²) in [5.41, 5.74) is 6.09. The first-order chi connectivity index (χ1) is 18.6. The molecule has 4 aromatic rings. The van der Waals surface area contributed by atoms with Gasteiger partial charge in [-0.1, -0.05) is 105 Å². The second kappa shape index (κ2) is 16.9. The molecule has 0 amide bonds. The fraction of sp³-hybridized carbons (Fsp3) is 0.212. The van der Waals surface area contributed by atoms with Crippen LogP contribution in [0, 0.1) is 0 Å². The summed E-state index contributed by atoms with van der Waals surface area (Å²) >= 11 is 6.83. The number of benzene rings is 4. The van der Waals surface area contributed by atoms with Gasteiger partial charge in [-0.15, -0.1) is 0 Å². The molecule has 0 bridgehead atoms. The Bertz CT molecular complexity index is 1300. The molecule has 0 saturated carbocycles. The summed E-state index contributed by atoms with van der Waals surface area (Å²) in [6, 6.07) is 31.8. The summed E-state index contributed by atoms with van der Waals surface area (Å²) in [6.07, 6.45) is 0.560. The summed E-state index contributed by atoms with van der Waals surface area (Å²) < 4.78 is 2.13. The summed E-state index contributed by atoms with van der Waals surface area (Å²) in [6.45, 7) is 2.36. The number of hydrogen-bond acceptors (Lipinski definition) is 4. The van der Waals surface area contributed by atoms with E-state index >= 15 is 0 Å². The standard InChI is InChI=1S/C17H18BrNO.C14H11BrO.C2H7N/c1-19(2)12-11-17(20)15-5-3-13(4-6-15)14-7-9-16(18)10-8-14;1-10(16)11-2-4-12(5-3-11)13-6-8-14(15)9-7-13;1-3-2/h3-10H,11-12H2,1-2H3;2-9H,1H3;3H,1-2H3. The molecule has 4 aromatic carbocycles. The molecule has 0 aliphatic carbocycles. The van der Waals surface area contributed by atoms with Gasteiger partial charge in [0, 0.05) is 33.0 Å². The number of nitrogens with zero attached hydrogens (tertiary/aromatic N) is 1. The highest BCUT2D eigenvalue weighted by atomic mass is 79.9. The lowest BCUT2D eigenvalue weighted by atomic mass is 10.0. The van der Waals surface area contributed by atoms with Crippen molar-refractivity contribution in [2.75, 3.05) is 34.7 Å². The van der Waals surface area contributed by atoms with Gasteiger partial charge in [0.1, 0.15) is 0 Å². The van der Waals surface area contributed by atoms with Crippen molar-refractivity contribution in [1.82, 2.24) is 10.2 Å². The molecular weight excluding hydrogens is 616 g/mol.